The molecule has 0 saturated heterocycles. The molecule has 0 aliphatic rings. The van der Waals surface area contributed by atoms with Crippen LogP contribution in [0.3, 0.4) is 0 Å². The number of ether oxygens (including phenoxy) is 1. The summed E-state index contributed by atoms with van der Waals surface area (Å²) in [4.78, 5) is 25.9. The van der Waals surface area contributed by atoms with Gasteiger partial charge < -0.3 is 10.1 Å². The van der Waals surface area contributed by atoms with Crippen molar-refractivity contribution in [3.8, 4) is 0 Å². The number of nitrogens with one attached hydrogen (secondary N) is 1. The zero-order valence-corrected chi connectivity index (χ0v) is 11.3. The molecular weight excluding hydrogens is 274 g/mol. The Balaban J connectivity index is 2.21. The van der Waals surface area contributed by atoms with Crippen LogP contribution in [-0.2, 0) is 11.3 Å². The zero-order chi connectivity index (χ0) is 15.2. The number of benzene rings is 1. The molecule has 1 heterocycles. The van der Waals surface area contributed by atoms with Crippen molar-refractivity contribution in [3.63, 3.8) is 0 Å². The van der Waals surface area contributed by atoms with Crippen molar-refractivity contribution in [2.75, 3.05) is 12.4 Å². The first-order valence-corrected chi connectivity index (χ1v) is 6.11. The smallest absolute Gasteiger partial charge is 0.344 e. The van der Waals surface area contributed by atoms with Crippen LogP contribution in [-0.4, -0.2) is 23.0 Å². The lowest BCUT2D eigenvalue weighted by molar-refractivity contribution is -0.385. The van der Waals surface area contributed by atoms with E-state index >= 15 is 0 Å². The fourth-order valence-electron chi connectivity index (χ4n) is 1.79. The minimum Gasteiger partial charge on any atom is -0.465 e. The number of hydrogen-bond acceptors (Lipinski definition) is 6. The number of hydrogen-bond donors (Lipinski definition) is 1. The molecule has 108 valence electrons. The maximum absolute atomic E-state index is 11.6. The lowest BCUT2D eigenvalue weighted by Gasteiger charge is -2.08. The van der Waals surface area contributed by atoms with Crippen LogP contribution >= 0.6 is 0 Å². The Morgan fingerprint density at radius 2 is 2.24 bits per heavy atom. The van der Waals surface area contributed by atoms with E-state index in [1.54, 1.807) is 18.5 Å². The molecule has 2 rings (SSSR count). The summed E-state index contributed by atoms with van der Waals surface area (Å²) < 4.78 is 4.56. The minimum atomic E-state index is -0.744. The molecule has 2 aromatic rings. The third kappa shape index (κ3) is 3.53. The average Bonchev–Trinajstić information content (AvgIpc) is 2.52. The van der Waals surface area contributed by atoms with Gasteiger partial charge in [0.2, 0.25) is 0 Å². The number of pyridine rings is 1. The molecule has 0 atom stereocenters. The SMILES string of the molecule is COC(=O)c1cc(NCc2cccnc2)ccc1[N+](=O)[O-]. The van der Waals surface area contributed by atoms with E-state index in [0.717, 1.165) is 5.56 Å². The van der Waals surface area contributed by atoms with E-state index < -0.39 is 10.9 Å². The average molecular weight is 287 g/mol. The van der Waals surface area contributed by atoms with Gasteiger partial charge in [0.25, 0.3) is 5.69 Å². The van der Waals surface area contributed by atoms with Crippen molar-refractivity contribution in [1.82, 2.24) is 4.98 Å². The molecule has 0 radical (unpaired) electrons. The summed E-state index contributed by atoms with van der Waals surface area (Å²) in [5, 5.41) is 14.0. The molecule has 0 saturated carbocycles. The fraction of sp³-hybridized carbons (Fsp3) is 0.143. The van der Waals surface area contributed by atoms with Gasteiger partial charge in [-0.25, -0.2) is 4.79 Å². The molecule has 0 aliphatic carbocycles. The number of nitro benzene ring substituents is 1. The van der Waals surface area contributed by atoms with Gasteiger partial charge in [0.15, 0.2) is 0 Å². The second kappa shape index (κ2) is 6.47. The first-order valence-electron chi connectivity index (χ1n) is 6.11. The molecule has 7 nitrogen and oxygen atoms in total. The van der Waals surface area contributed by atoms with Crippen molar-refractivity contribution >= 4 is 17.3 Å². The molecule has 21 heavy (non-hydrogen) atoms. The third-order valence-corrected chi connectivity index (χ3v) is 2.82. The lowest BCUT2D eigenvalue weighted by atomic mass is 10.1. The van der Waals surface area contributed by atoms with Gasteiger partial charge in [0.1, 0.15) is 5.56 Å². The van der Waals surface area contributed by atoms with Crippen molar-refractivity contribution in [2.24, 2.45) is 0 Å². The second-order valence-electron chi connectivity index (χ2n) is 4.20. The number of carbonyl (C=O) groups is 1. The van der Waals surface area contributed by atoms with Gasteiger partial charge in [-0.1, -0.05) is 6.07 Å². The summed E-state index contributed by atoms with van der Waals surface area (Å²) in [6, 6.07) is 7.93. The van der Waals surface area contributed by atoms with Gasteiger partial charge in [0, 0.05) is 30.7 Å². The second-order valence-corrected chi connectivity index (χ2v) is 4.20. The summed E-state index contributed by atoms with van der Waals surface area (Å²) in [7, 11) is 1.18. The monoisotopic (exact) mass is 287 g/mol. The van der Waals surface area contributed by atoms with Gasteiger partial charge >= 0.3 is 5.97 Å². The van der Waals surface area contributed by atoms with Gasteiger partial charge in [-0.3, -0.25) is 15.1 Å². The van der Waals surface area contributed by atoms with Gasteiger partial charge in [0.05, 0.1) is 12.0 Å². The maximum Gasteiger partial charge on any atom is 0.344 e. The number of methoxy groups -OCH3 is 1. The van der Waals surface area contributed by atoms with E-state index in [1.807, 2.05) is 12.1 Å². The topological polar surface area (TPSA) is 94.4 Å². The highest BCUT2D eigenvalue weighted by atomic mass is 16.6. The number of esters is 1. The van der Waals surface area contributed by atoms with Crippen molar-refractivity contribution < 1.29 is 14.5 Å². The quantitative estimate of drug-likeness (QED) is 0.515. The van der Waals surface area contributed by atoms with Crippen LogP contribution in [0.4, 0.5) is 11.4 Å². The number of nitro groups is 1. The summed E-state index contributed by atoms with van der Waals surface area (Å²) in [5.41, 5.74) is 1.17. The Morgan fingerprint density at radius 3 is 2.86 bits per heavy atom. The van der Waals surface area contributed by atoms with Gasteiger partial charge in [-0.05, 0) is 23.8 Å². The summed E-state index contributed by atoms with van der Waals surface area (Å²) >= 11 is 0. The van der Waals surface area contributed by atoms with Crippen LogP contribution in [0.15, 0.2) is 42.7 Å². The lowest BCUT2D eigenvalue weighted by Crippen LogP contribution is -2.07. The van der Waals surface area contributed by atoms with Crippen molar-refractivity contribution in [1.29, 1.82) is 0 Å². The molecule has 0 fully saturated rings. The molecule has 1 aromatic heterocycles. The molecule has 0 amide bonds. The highest BCUT2D eigenvalue weighted by Gasteiger charge is 2.21. The molecule has 0 bridgehead atoms. The Labute approximate surface area is 120 Å². The maximum atomic E-state index is 11.6. The van der Waals surface area contributed by atoms with E-state index in [9.17, 15) is 14.9 Å². The molecule has 1 aromatic carbocycles. The molecular formula is C14H13N3O4. The van der Waals surface area contributed by atoms with E-state index in [4.69, 9.17) is 0 Å². The minimum absolute atomic E-state index is 0.0845. The number of nitrogens with zero attached hydrogens (tertiary/aromatic N) is 2. The normalized spacial score (nSPS) is 9.95. The number of anilines is 1. The number of rotatable bonds is 5. The molecule has 7 heteroatoms. The molecule has 1 N–H and O–H groups in total. The van der Waals surface area contributed by atoms with E-state index in [2.05, 4.69) is 15.0 Å². The van der Waals surface area contributed by atoms with Crippen LogP contribution in [0.1, 0.15) is 15.9 Å². The fourth-order valence-corrected chi connectivity index (χ4v) is 1.79. The van der Waals surface area contributed by atoms with Gasteiger partial charge in [-0.2, -0.15) is 0 Å². The first-order chi connectivity index (χ1) is 10.1. The summed E-state index contributed by atoms with van der Waals surface area (Å²) in [5.74, 6) is -0.744. The molecule has 0 unspecified atom stereocenters. The van der Waals surface area contributed by atoms with Crippen LogP contribution in [0, 0.1) is 10.1 Å². The standard InChI is InChI=1S/C14H13N3O4/c1-21-14(18)12-7-11(4-5-13(12)17(19)20)16-9-10-3-2-6-15-8-10/h2-8,16H,9H2,1H3. The highest BCUT2D eigenvalue weighted by molar-refractivity contribution is 5.95. The van der Waals surface area contributed by atoms with Crippen LogP contribution in [0.25, 0.3) is 0 Å². The van der Waals surface area contributed by atoms with Gasteiger partial charge in [-0.15, -0.1) is 0 Å². The predicted molar refractivity (Wildman–Crippen MR) is 76.0 cm³/mol. The van der Waals surface area contributed by atoms with Crippen LogP contribution in [0.5, 0.6) is 0 Å². The number of aromatic nitrogens is 1. The Morgan fingerprint density at radius 1 is 1.43 bits per heavy atom. The van der Waals surface area contributed by atoms with Crippen molar-refractivity contribution in [2.45, 2.75) is 6.54 Å². The Hall–Kier alpha value is -2.96. The van der Waals surface area contributed by atoms with Crippen LogP contribution < -0.4 is 5.32 Å². The summed E-state index contributed by atoms with van der Waals surface area (Å²) in [6.45, 7) is 0.492. The van der Waals surface area contributed by atoms with E-state index in [1.165, 1.54) is 19.2 Å². The van der Waals surface area contributed by atoms with E-state index in [-0.39, 0.29) is 11.3 Å². The Bertz CT molecular complexity index is 659. The van der Waals surface area contributed by atoms with E-state index in [0.29, 0.717) is 12.2 Å². The summed E-state index contributed by atoms with van der Waals surface area (Å²) in [6.07, 6.45) is 3.38. The predicted octanol–water partition coefficient (Wildman–Crippen LogP) is 2.39. The zero-order valence-electron chi connectivity index (χ0n) is 11.3. The van der Waals surface area contributed by atoms with Crippen LogP contribution in [0.2, 0.25) is 0 Å². The largest absolute Gasteiger partial charge is 0.465 e. The highest BCUT2D eigenvalue weighted by Crippen LogP contribution is 2.23. The number of carbonyl (C=O) groups excluding carboxylic acids is 1. The van der Waals surface area contributed by atoms with Crippen molar-refractivity contribution in [3.05, 3.63) is 64.0 Å². The third-order valence-electron chi connectivity index (χ3n) is 2.82. The molecule has 0 spiro atoms. The molecule has 0 aliphatic heterocycles. The Kier molecular flexibility index (Phi) is 4.45. The first kappa shape index (κ1) is 14.4.